The fraction of sp³-hybridized carbons (Fsp3) is 1.00. The summed E-state index contributed by atoms with van der Waals surface area (Å²) in [5, 5.41) is 0. The predicted octanol–water partition coefficient (Wildman–Crippen LogP) is 1.67. The van der Waals surface area contributed by atoms with Gasteiger partial charge in [0.2, 0.25) is 0 Å². The molecule has 0 rings (SSSR count). The van der Waals surface area contributed by atoms with Crippen LogP contribution in [0.2, 0.25) is 0 Å². The minimum Gasteiger partial charge on any atom is -0.379 e. The van der Waals surface area contributed by atoms with Crippen LogP contribution in [0, 0.1) is 0 Å². The van der Waals surface area contributed by atoms with E-state index in [-0.39, 0.29) is 0 Å². The summed E-state index contributed by atoms with van der Waals surface area (Å²) in [4.78, 5) is 0. The molecule has 0 aromatic carbocycles. The first-order valence-corrected chi connectivity index (χ1v) is 4.87. The van der Waals surface area contributed by atoms with E-state index < -0.39 is 0 Å². The Labute approximate surface area is 67.9 Å². The molecule has 0 spiro atoms. The van der Waals surface area contributed by atoms with E-state index in [4.69, 9.17) is 4.74 Å². The van der Waals surface area contributed by atoms with Gasteiger partial charge in [0.15, 0.2) is 0 Å². The van der Waals surface area contributed by atoms with Crippen LogP contribution in [0.4, 0.5) is 0 Å². The third-order valence-corrected chi connectivity index (χ3v) is 1.51. The van der Waals surface area contributed by atoms with Crippen LogP contribution in [0.25, 0.3) is 0 Å². The maximum Gasteiger partial charge on any atom is 0.0518 e. The summed E-state index contributed by atoms with van der Waals surface area (Å²) in [6, 6.07) is 0. The number of hydrogen-bond donors (Lipinski definition) is 1. The zero-order valence-electron chi connectivity index (χ0n) is 7.02. The van der Waals surface area contributed by atoms with E-state index in [1.165, 1.54) is 0 Å². The lowest BCUT2D eigenvalue weighted by atomic mass is 10.4. The van der Waals surface area contributed by atoms with E-state index in [0.717, 1.165) is 19.6 Å². The normalized spacial score (nSPS) is 10.8. The molecular weight excluding hydrogens is 146 g/mol. The molecule has 0 heterocycles. The maximum atomic E-state index is 5.34. The standard InChI is InChI=1S/C7H17NOS/c1-7(2)9-6-4-5-8-10-3/h7-8H,4-6H2,1-3H3. The SMILES string of the molecule is CSNCCCOC(C)C. The van der Waals surface area contributed by atoms with E-state index in [2.05, 4.69) is 18.6 Å². The van der Waals surface area contributed by atoms with E-state index in [1.54, 1.807) is 11.9 Å². The van der Waals surface area contributed by atoms with Crippen LogP contribution in [-0.4, -0.2) is 25.5 Å². The molecule has 0 aliphatic rings. The Morgan fingerprint density at radius 1 is 1.50 bits per heavy atom. The van der Waals surface area contributed by atoms with Gasteiger partial charge in [-0.15, -0.1) is 0 Å². The van der Waals surface area contributed by atoms with E-state index in [9.17, 15) is 0 Å². The van der Waals surface area contributed by atoms with Gasteiger partial charge >= 0.3 is 0 Å². The molecule has 0 atom stereocenters. The van der Waals surface area contributed by atoms with Crippen molar-refractivity contribution in [3.05, 3.63) is 0 Å². The quantitative estimate of drug-likeness (QED) is 0.475. The fourth-order valence-electron chi connectivity index (χ4n) is 0.565. The van der Waals surface area contributed by atoms with E-state index in [1.807, 2.05) is 6.26 Å². The summed E-state index contributed by atoms with van der Waals surface area (Å²) in [6.45, 7) is 6.02. The topological polar surface area (TPSA) is 21.3 Å². The van der Waals surface area contributed by atoms with Crippen LogP contribution in [0.15, 0.2) is 0 Å². The summed E-state index contributed by atoms with van der Waals surface area (Å²) in [5.74, 6) is 0. The monoisotopic (exact) mass is 163 g/mol. The van der Waals surface area contributed by atoms with Crippen molar-refractivity contribution in [2.75, 3.05) is 19.4 Å². The van der Waals surface area contributed by atoms with Crippen molar-refractivity contribution in [3.63, 3.8) is 0 Å². The van der Waals surface area contributed by atoms with Crippen molar-refractivity contribution in [3.8, 4) is 0 Å². The Balaban J connectivity index is 2.77. The molecule has 0 aliphatic heterocycles. The second kappa shape index (κ2) is 7.38. The Bertz CT molecular complexity index is 68.6. The highest BCUT2D eigenvalue weighted by Crippen LogP contribution is 1.90. The molecule has 3 heteroatoms. The highest BCUT2D eigenvalue weighted by Gasteiger charge is 1.91. The number of nitrogens with one attached hydrogen (secondary N) is 1. The Morgan fingerprint density at radius 3 is 2.70 bits per heavy atom. The molecule has 0 aromatic rings. The predicted molar refractivity (Wildman–Crippen MR) is 47.2 cm³/mol. The molecule has 0 saturated carbocycles. The molecule has 0 amide bonds. The van der Waals surface area contributed by atoms with Crippen molar-refractivity contribution in [1.29, 1.82) is 0 Å². The molecule has 0 aromatic heterocycles. The van der Waals surface area contributed by atoms with Crippen LogP contribution >= 0.6 is 11.9 Å². The lowest BCUT2D eigenvalue weighted by Gasteiger charge is -2.06. The van der Waals surface area contributed by atoms with Gasteiger partial charge in [0.1, 0.15) is 0 Å². The van der Waals surface area contributed by atoms with Crippen LogP contribution in [0.5, 0.6) is 0 Å². The number of rotatable bonds is 6. The molecular formula is C7H17NOS. The first-order chi connectivity index (χ1) is 4.77. The lowest BCUT2D eigenvalue weighted by Crippen LogP contribution is -2.10. The molecule has 62 valence electrons. The molecule has 0 fully saturated rings. The molecule has 0 aliphatic carbocycles. The fourth-order valence-corrected chi connectivity index (χ4v) is 0.914. The first kappa shape index (κ1) is 10.3. The summed E-state index contributed by atoms with van der Waals surface area (Å²) in [6.07, 6.45) is 3.50. The third kappa shape index (κ3) is 8.27. The molecule has 0 unspecified atom stereocenters. The van der Waals surface area contributed by atoms with Crippen LogP contribution < -0.4 is 4.72 Å². The van der Waals surface area contributed by atoms with Crippen molar-refractivity contribution in [2.24, 2.45) is 0 Å². The highest BCUT2D eigenvalue weighted by molar-refractivity contribution is 7.96. The van der Waals surface area contributed by atoms with E-state index in [0.29, 0.717) is 6.10 Å². The van der Waals surface area contributed by atoms with Gasteiger partial charge in [-0.2, -0.15) is 0 Å². The molecule has 0 saturated heterocycles. The molecule has 1 N–H and O–H groups in total. The molecule has 0 bridgehead atoms. The average Bonchev–Trinajstić information content (AvgIpc) is 1.87. The Hall–Kier alpha value is 0.270. The molecule has 2 nitrogen and oxygen atoms in total. The van der Waals surface area contributed by atoms with Gasteiger partial charge in [0.25, 0.3) is 0 Å². The molecule has 10 heavy (non-hydrogen) atoms. The van der Waals surface area contributed by atoms with Gasteiger partial charge in [-0.05, 0) is 26.5 Å². The second-order valence-corrected chi connectivity index (χ2v) is 3.07. The largest absolute Gasteiger partial charge is 0.379 e. The Kier molecular flexibility index (Phi) is 7.58. The first-order valence-electron chi connectivity index (χ1n) is 3.65. The summed E-state index contributed by atoms with van der Waals surface area (Å²) >= 11 is 1.65. The van der Waals surface area contributed by atoms with Crippen LogP contribution in [0.3, 0.4) is 0 Å². The second-order valence-electron chi connectivity index (χ2n) is 2.37. The van der Waals surface area contributed by atoms with Crippen molar-refractivity contribution < 1.29 is 4.74 Å². The highest BCUT2D eigenvalue weighted by atomic mass is 32.2. The van der Waals surface area contributed by atoms with Gasteiger partial charge in [-0.3, -0.25) is 4.72 Å². The Morgan fingerprint density at radius 2 is 2.20 bits per heavy atom. The summed E-state index contributed by atoms with van der Waals surface area (Å²) in [7, 11) is 0. The van der Waals surface area contributed by atoms with Gasteiger partial charge in [0.05, 0.1) is 6.10 Å². The summed E-state index contributed by atoms with van der Waals surface area (Å²) in [5.41, 5.74) is 0. The van der Waals surface area contributed by atoms with Gasteiger partial charge in [-0.25, -0.2) is 0 Å². The van der Waals surface area contributed by atoms with Crippen molar-refractivity contribution in [1.82, 2.24) is 4.72 Å². The van der Waals surface area contributed by atoms with Gasteiger partial charge in [0, 0.05) is 13.2 Å². The smallest absolute Gasteiger partial charge is 0.0518 e. The minimum atomic E-state index is 0.370. The number of hydrogen-bond acceptors (Lipinski definition) is 3. The van der Waals surface area contributed by atoms with Crippen molar-refractivity contribution >= 4 is 11.9 Å². The summed E-state index contributed by atoms with van der Waals surface area (Å²) < 4.78 is 8.50. The molecule has 0 radical (unpaired) electrons. The van der Waals surface area contributed by atoms with Crippen LogP contribution in [0.1, 0.15) is 20.3 Å². The zero-order chi connectivity index (χ0) is 7.82. The lowest BCUT2D eigenvalue weighted by molar-refractivity contribution is 0.0778. The zero-order valence-corrected chi connectivity index (χ0v) is 7.83. The minimum absolute atomic E-state index is 0.370. The average molecular weight is 163 g/mol. The number of ether oxygens (including phenoxy) is 1. The third-order valence-electron chi connectivity index (χ3n) is 1.02. The van der Waals surface area contributed by atoms with Crippen molar-refractivity contribution in [2.45, 2.75) is 26.4 Å². The van der Waals surface area contributed by atoms with Crippen LogP contribution in [-0.2, 0) is 4.74 Å². The van der Waals surface area contributed by atoms with Gasteiger partial charge in [-0.1, -0.05) is 11.9 Å². The maximum absolute atomic E-state index is 5.34. The van der Waals surface area contributed by atoms with E-state index >= 15 is 0 Å². The van der Waals surface area contributed by atoms with Gasteiger partial charge < -0.3 is 4.74 Å².